The van der Waals surface area contributed by atoms with Crippen molar-refractivity contribution in [3.63, 3.8) is 0 Å². The molecule has 0 radical (unpaired) electrons. The number of hydrogen-bond acceptors (Lipinski definition) is 3. The van der Waals surface area contributed by atoms with E-state index in [-0.39, 0.29) is 18.1 Å². The van der Waals surface area contributed by atoms with Gasteiger partial charge in [0.15, 0.2) is 0 Å². The summed E-state index contributed by atoms with van der Waals surface area (Å²) in [6.07, 6.45) is 3.80. The fourth-order valence-corrected chi connectivity index (χ4v) is 3.32. The first kappa shape index (κ1) is 15.6. The van der Waals surface area contributed by atoms with Gasteiger partial charge in [0.1, 0.15) is 11.6 Å². The molecular weight excluding hydrogens is 319 g/mol. The molecule has 4 rings (SSSR count). The average molecular weight is 338 g/mol. The first-order chi connectivity index (χ1) is 12.2. The van der Waals surface area contributed by atoms with Crippen molar-refractivity contribution in [3.05, 3.63) is 60.2 Å². The Morgan fingerprint density at radius 3 is 2.72 bits per heavy atom. The number of amides is 1. The molecule has 25 heavy (non-hydrogen) atoms. The number of halogens is 1. The number of fused-ring (bicyclic) bond motifs is 1. The Bertz CT molecular complexity index is 885. The molecule has 1 aliphatic heterocycles. The summed E-state index contributed by atoms with van der Waals surface area (Å²) in [5.74, 6) is 0.729. The van der Waals surface area contributed by atoms with Crippen LogP contribution in [0.4, 0.5) is 10.2 Å². The highest BCUT2D eigenvalue weighted by Gasteiger charge is 2.22. The molecule has 0 bridgehead atoms. The summed E-state index contributed by atoms with van der Waals surface area (Å²) in [5.41, 5.74) is 1.30. The van der Waals surface area contributed by atoms with Crippen LogP contribution in [0.1, 0.15) is 5.56 Å². The van der Waals surface area contributed by atoms with Crippen LogP contribution in [0.5, 0.6) is 0 Å². The molecule has 1 aliphatic rings. The summed E-state index contributed by atoms with van der Waals surface area (Å²) >= 11 is 0. The van der Waals surface area contributed by atoms with E-state index in [2.05, 4.69) is 14.9 Å². The number of aromatic amines is 1. The Kier molecular flexibility index (Phi) is 4.09. The standard InChI is InChI=1S/C19H19FN4O/c20-16-5-3-4-15-14(13-22-19(15)16)12-18(25)24-10-8-23(9-11-24)17-6-1-2-7-21-17/h1-7,13,22H,8-12H2. The van der Waals surface area contributed by atoms with Crippen LogP contribution in [0.15, 0.2) is 48.8 Å². The third-order valence-corrected chi connectivity index (χ3v) is 4.70. The lowest BCUT2D eigenvalue weighted by Crippen LogP contribution is -2.49. The number of benzene rings is 1. The maximum atomic E-state index is 13.8. The number of nitrogens with one attached hydrogen (secondary N) is 1. The van der Waals surface area contributed by atoms with Crippen LogP contribution in [0.25, 0.3) is 10.9 Å². The van der Waals surface area contributed by atoms with Crippen LogP contribution in [0.3, 0.4) is 0 Å². The minimum Gasteiger partial charge on any atom is -0.359 e. The number of rotatable bonds is 3. The van der Waals surface area contributed by atoms with E-state index in [0.717, 1.165) is 29.9 Å². The molecule has 6 heteroatoms. The largest absolute Gasteiger partial charge is 0.359 e. The van der Waals surface area contributed by atoms with Gasteiger partial charge < -0.3 is 14.8 Å². The molecule has 3 aromatic rings. The van der Waals surface area contributed by atoms with Gasteiger partial charge in [-0.15, -0.1) is 0 Å². The van der Waals surface area contributed by atoms with Crippen LogP contribution >= 0.6 is 0 Å². The smallest absolute Gasteiger partial charge is 0.227 e. The zero-order valence-corrected chi connectivity index (χ0v) is 13.8. The highest BCUT2D eigenvalue weighted by Crippen LogP contribution is 2.22. The van der Waals surface area contributed by atoms with Crippen molar-refractivity contribution >= 4 is 22.6 Å². The Hall–Kier alpha value is -2.89. The van der Waals surface area contributed by atoms with Crippen LogP contribution < -0.4 is 4.90 Å². The Morgan fingerprint density at radius 1 is 1.12 bits per heavy atom. The predicted molar refractivity (Wildman–Crippen MR) is 95.0 cm³/mol. The molecule has 128 valence electrons. The van der Waals surface area contributed by atoms with Gasteiger partial charge >= 0.3 is 0 Å². The second kappa shape index (κ2) is 6.55. The number of piperazine rings is 1. The molecule has 1 amide bonds. The lowest BCUT2D eigenvalue weighted by Gasteiger charge is -2.35. The molecule has 5 nitrogen and oxygen atoms in total. The SMILES string of the molecule is O=C(Cc1c[nH]c2c(F)cccc12)N1CCN(c2ccccn2)CC1. The van der Waals surface area contributed by atoms with Crippen LogP contribution in [-0.4, -0.2) is 47.0 Å². The van der Waals surface area contributed by atoms with E-state index in [1.54, 1.807) is 18.5 Å². The highest BCUT2D eigenvalue weighted by molar-refractivity contribution is 5.89. The minimum absolute atomic E-state index is 0.0748. The predicted octanol–water partition coefficient (Wildman–Crippen LogP) is 2.59. The zero-order chi connectivity index (χ0) is 17.2. The molecular formula is C19H19FN4O. The van der Waals surface area contributed by atoms with Crippen molar-refractivity contribution in [2.45, 2.75) is 6.42 Å². The second-order valence-electron chi connectivity index (χ2n) is 6.21. The van der Waals surface area contributed by atoms with Crippen molar-refractivity contribution < 1.29 is 9.18 Å². The summed E-state index contributed by atoms with van der Waals surface area (Å²) in [7, 11) is 0. The second-order valence-corrected chi connectivity index (χ2v) is 6.21. The number of aromatic nitrogens is 2. The number of pyridine rings is 1. The van der Waals surface area contributed by atoms with E-state index in [1.807, 2.05) is 29.2 Å². The third-order valence-electron chi connectivity index (χ3n) is 4.70. The molecule has 1 saturated heterocycles. The summed E-state index contributed by atoms with van der Waals surface area (Å²) in [4.78, 5) is 24.0. The lowest BCUT2D eigenvalue weighted by molar-refractivity contribution is -0.130. The average Bonchev–Trinajstić information content (AvgIpc) is 3.07. The number of nitrogens with zero attached hydrogens (tertiary/aromatic N) is 3. The molecule has 2 aromatic heterocycles. The number of carbonyl (C=O) groups is 1. The monoisotopic (exact) mass is 338 g/mol. The summed E-state index contributed by atoms with van der Waals surface area (Å²) in [5, 5.41) is 0.778. The van der Waals surface area contributed by atoms with Gasteiger partial charge in [0.05, 0.1) is 11.9 Å². The normalized spacial score (nSPS) is 14.9. The first-order valence-corrected chi connectivity index (χ1v) is 8.40. The Labute approximate surface area is 145 Å². The lowest BCUT2D eigenvalue weighted by atomic mass is 10.1. The molecule has 1 N–H and O–H groups in total. The fourth-order valence-electron chi connectivity index (χ4n) is 3.32. The molecule has 0 unspecified atom stereocenters. The van der Waals surface area contributed by atoms with Gasteiger partial charge in [0.2, 0.25) is 5.91 Å². The van der Waals surface area contributed by atoms with Crippen molar-refractivity contribution in [1.29, 1.82) is 0 Å². The van der Waals surface area contributed by atoms with E-state index >= 15 is 0 Å². The number of hydrogen-bond donors (Lipinski definition) is 1. The summed E-state index contributed by atoms with van der Waals surface area (Å²) < 4.78 is 13.8. The van der Waals surface area contributed by atoms with Gasteiger partial charge in [-0.1, -0.05) is 18.2 Å². The Balaban J connectivity index is 1.41. The van der Waals surface area contributed by atoms with Gasteiger partial charge in [-0.2, -0.15) is 0 Å². The van der Waals surface area contributed by atoms with Gasteiger partial charge in [0.25, 0.3) is 0 Å². The zero-order valence-electron chi connectivity index (χ0n) is 13.8. The van der Waals surface area contributed by atoms with Gasteiger partial charge in [0, 0.05) is 44.0 Å². The van der Waals surface area contributed by atoms with Gasteiger partial charge in [-0.3, -0.25) is 4.79 Å². The number of anilines is 1. The molecule has 0 spiro atoms. The highest BCUT2D eigenvalue weighted by atomic mass is 19.1. The van der Waals surface area contributed by atoms with E-state index in [4.69, 9.17) is 0 Å². The molecule has 3 heterocycles. The van der Waals surface area contributed by atoms with E-state index < -0.39 is 0 Å². The van der Waals surface area contributed by atoms with Gasteiger partial charge in [-0.05, 0) is 23.8 Å². The molecule has 1 fully saturated rings. The Morgan fingerprint density at radius 2 is 1.96 bits per heavy atom. The maximum Gasteiger partial charge on any atom is 0.227 e. The number of H-pyrrole nitrogens is 1. The third kappa shape index (κ3) is 3.07. The van der Waals surface area contributed by atoms with Crippen LogP contribution in [0.2, 0.25) is 0 Å². The molecule has 1 aromatic carbocycles. The first-order valence-electron chi connectivity index (χ1n) is 8.40. The van der Waals surface area contributed by atoms with E-state index in [9.17, 15) is 9.18 Å². The molecule has 0 atom stereocenters. The van der Waals surface area contributed by atoms with Crippen molar-refractivity contribution in [1.82, 2.24) is 14.9 Å². The maximum absolute atomic E-state index is 13.8. The molecule has 0 saturated carbocycles. The fraction of sp³-hybridized carbons (Fsp3) is 0.263. The van der Waals surface area contributed by atoms with Crippen molar-refractivity contribution in [2.24, 2.45) is 0 Å². The molecule has 0 aliphatic carbocycles. The van der Waals surface area contributed by atoms with Crippen LogP contribution in [-0.2, 0) is 11.2 Å². The van der Waals surface area contributed by atoms with Crippen molar-refractivity contribution in [3.8, 4) is 0 Å². The van der Waals surface area contributed by atoms with Gasteiger partial charge in [-0.25, -0.2) is 9.37 Å². The van der Waals surface area contributed by atoms with Crippen molar-refractivity contribution in [2.75, 3.05) is 31.1 Å². The van der Waals surface area contributed by atoms with E-state index in [1.165, 1.54) is 6.07 Å². The number of para-hydroxylation sites is 1. The minimum atomic E-state index is -0.292. The quantitative estimate of drug-likeness (QED) is 0.799. The number of carbonyl (C=O) groups excluding carboxylic acids is 1. The topological polar surface area (TPSA) is 52.2 Å². The van der Waals surface area contributed by atoms with Crippen LogP contribution in [0, 0.1) is 5.82 Å². The summed E-state index contributed by atoms with van der Waals surface area (Å²) in [6, 6.07) is 10.8. The van der Waals surface area contributed by atoms with E-state index in [0.29, 0.717) is 18.6 Å². The summed E-state index contributed by atoms with van der Waals surface area (Å²) in [6.45, 7) is 2.88.